The summed E-state index contributed by atoms with van der Waals surface area (Å²) in [5.41, 5.74) is 6.95. The standard InChI is InChI=1S/C18H20N2O3S/c19-17(22)18(6-8-23-9-7-18)12-20-16(21)15-10-14(11-24-15)13-4-2-1-3-5-13/h1-5,10-11H,6-9,12H2,(H2,19,22)(H,20,21). The molecule has 0 radical (unpaired) electrons. The highest BCUT2D eigenvalue weighted by Crippen LogP contribution is 2.30. The van der Waals surface area contributed by atoms with Crippen LogP contribution in [-0.2, 0) is 9.53 Å². The number of carbonyl (C=O) groups excluding carboxylic acids is 2. The molecule has 0 bridgehead atoms. The summed E-state index contributed by atoms with van der Waals surface area (Å²) in [6.45, 7) is 1.25. The number of hydrogen-bond acceptors (Lipinski definition) is 4. The first-order chi connectivity index (χ1) is 11.6. The monoisotopic (exact) mass is 344 g/mol. The molecule has 3 N–H and O–H groups in total. The lowest BCUT2D eigenvalue weighted by atomic mass is 9.79. The Balaban J connectivity index is 1.67. The van der Waals surface area contributed by atoms with Crippen molar-refractivity contribution in [3.8, 4) is 11.1 Å². The van der Waals surface area contributed by atoms with Gasteiger partial charge in [0.1, 0.15) is 0 Å². The lowest BCUT2D eigenvalue weighted by Crippen LogP contribution is -2.49. The molecule has 2 aromatic rings. The number of thiophene rings is 1. The topological polar surface area (TPSA) is 81.4 Å². The van der Waals surface area contributed by atoms with Crippen LogP contribution in [0.2, 0.25) is 0 Å². The Bertz CT molecular complexity index is 721. The van der Waals surface area contributed by atoms with E-state index in [1.54, 1.807) is 0 Å². The predicted molar refractivity (Wildman–Crippen MR) is 93.8 cm³/mol. The molecule has 1 fully saturated rings. The Labute approximate surface area is 144 Å². The quantitative estimate of drug-likeness (QED) is 0.874. The molecule has 0 spiro atoms. The maximum absolute atomic E-state index is 12.4. The minimum atomic E-state index is -0.701. The van der Waals surface area contributed by atoms with Crippen LogP contribution >= 0.6 is 11.3 Å². The summed E-state index contributed by atoms with van der Waals surface area (Å²) in [5.74, 6) is -0.545. The van der Waals surface area contributed by atoms with Crippen LogP contribution in [0.1, 0.15) is 22.5 Å². The third-order valence-electron chi connectivity index (χ3n) is 4.49. The van der Waals surface area contributed by atoms with Crippen molar-refractivity contribution in [1.29, 1.82) is 0 Å². The van der Waals surface area contributed by atoms with E-state index in [1.807, 2.05) is 41.8 Å². The molecular weight excluding hydrogens is 324 g/mol. The average Bonchev–Trinajstić information content (AvgIpc) is 3.11. The van der Waals surface area contributed by atoms with Gasteiger partial charge in [-0.15, -0.1) is 11.3 Å². The molecule has 0 atom stereocenters. The Morgan fingerprint density at radius 2 is 1.88 bits per heavy atom. The van der Waals surface area contributed by atoms with Crippen molar-refractivity contribution in [2.24, 2.45) is 11.1 Å². The molecule has 0 aliphatic carbocycles. The van der Waals surface area contributed by atoms with Gasteiger partial charge < -0.3 is 15.8 Å². The number of nitrogens with one attached hydrogen (secondary N) is 1. The summed E-state index contributed by atoms with van der Waals surface area (Å²) in [6.07, 6.45) is 1.09. The first kappa shape index (κ1) is 16.7. The molecule has 24 heavy (non-hydrogen) atoms. The van der Waals surface area contributed by atoms with Crippen molar-refractivity contribution in [3.63, 3.8) is 0 Å². The van der Waals surface area contributed by atoms with Gasteiger partial charge >= 0.3 is 0 Å². The number of ether oxygens (including phenoxy) is 1. The number of hydrogen-bond donors (Lipinski definition) is 2. The fraction of sp³-hybridized carbons (Fsp3) is 0.333. The predicted octanol–water partition coefficient (Wildman–Crippen LogP) is 2.43. The van der Waals surface area contributed by atoms with Crippen LogP contribution in [0.4, 0.5) is 0 Å². The molecular formula is C18H20N2O3S. The highest BCUT2D eigenvalue weighted by molar-refractivity contribution is 7.12. The third kappa shape index (κ3) is 3.49. The minimum absolute atomic E-state index is 0.172. The maximum atomic E-state index is 12.4. The molecule has 1 aromatic heterocycles. The van der Waals surface area contributed by atoms with Gasteiger partial charge in [-0.1, -0.05) is 30.3 Å². The SMILES string of the molecule is NC(=O)C1(CNC(=O)c2cc(-c3ccccc3)cs2)CCOCC1. The van der Waals surface area contributed by atoms with Crippen LogP contribution in [0.25, 0.3) is 11.1 Å². The van der Waals surface area contributed by atoms with Gasteiger partial charge in [0.2, 0.25) is 5.91 Å². The van der Waals surface area contributed by atoms with Crippen molar-refractivity contribution < 1.29 is 14.3 Å². The van der Waals surface area contributed by atoms with Crippen molar-refractivity contribution in [3.05, 3.63) is 46.7 Å². The lowest BCUT2D eigenvalue weighted by Gasteiger charge is -2.34. The number of nitrogens with two attached hydrogens (primary N) is 1. The van der Waals surface area contributed by atoms with Crippen molar-refractivity contribution >= 4 is 23.2 Å². The third-order valence-corrected chi connectivity index (χ3v) is 5.42. The second kappa shape index (κ2) is 7.15. The van der Waals surface area contributed by atoms with E-state index in [2.05, 4.69) is 5.32 Å². The van der Waals surface area contributed by atoms with Crippen LogP contribution in [-0.4, -0.2) is 31.6 Å². The van der Waals surface area contributed by atoms with Gasteiger partial charge in [-0.2, -0.15) is 0 Å². The summed E-state index contributed by atoms with van der Waals surface area (Å²) in [7, 11) is 0. The number of rotatable bonds is 5. The highest BCUT2D eigenvalue weighted by atomic mass is 32.1. The molecule has 126 valence electrons. The summed E-state index contributed by atoms with van der Waals surface area (Å²) in [4.78, 5) is 24.9. The van der Waals surface area contributed by atoms with Gasteiger partial charge in [0.25, 0.3) is 5.91 Å². The molecule has 6 heteroatoms. The van der Waals surface area contributed by atoms with Crippen molar-refractivity contribution in [1.82, 2.24) is 5.32 Å². The fourth-order valence-corrected chi connectivity index (χ4v) is 3.68. The molecule has 1 aliphatic heterocycles. The molecule has 0 saturated carbocycles. The molecule has 2 heterocycles. The highest BCUT2D eigenvalue weighted by Gasteiger charge is 2.38. The summed E-state index contributed by atoms with van der Waals surface area (Å²) >= 11 is 1.39. The van der Waals surface area contributed by atoms with Crippen LogP contribution < -0.4 is 11.1 Å². The van der Waals surface area contributed by atoms with Gasteiger partial charge in [-0.05, 0) is 35.4 Å². The van der Waals surface area contributed by atoms with E-state index in [4.69, 9.17) is 10.5 Å². The molecule has 5 nitrogen and oxygen atoms in total. The van der Waals surface area contributed by atoms with Gasteiger partial charge in [0, 0.05) is 19.8 Å². The number of amides is 2. The second-order valence-electron chi connectivity index (χ2n) is 6.01. The largest absolute Gasteiger partial charge is 0.381 e. The summed E-state index contributed by atoms with van der Waals surface area (Å²) in [5, 5.41) is 4.83. The van der Waals surface area contributed by atoms with E-state index in [-0.39, 0.29) is 18.4 Å². The molecule has 3 rings (SSSR count). The Hall–Kier alpha value is -2.18. The number of carbonyl (C=O) groups is 2. The van der Waals surface area contributed by atoms with Crippen molar-refractivity contribution in [2.45, 2.75) is 12.8 Å². The molecule has 1 saturated heterocycles. The smallest absolute Gasteiger partial charge is 0.261 e. The van der Waals surface area contributed by atoms with Crippen LogP contribution in [0.5, 0.6) is 0 Å². The van der Waals surface area contributed by atoms with E-state index >= 15 is 0 Å². The van der Waals surface area contributed by atoms with Gasteiger partial charge in [0.15, 0.2) is 0 Å². The zero-order valence-corrected chi connectivity index (χ0v) is 14.1. The molecule has 2 amide bonds. The zero-order chi connectivity index (χ0) is 17.0. The van der Waals surface area contributed by atoms with Crippen LogP contribution in [0.15, 0.2) is 41.8 Å². The number of benzene rings is 1. The molecule has 1 aliphatic rings. The van der Waals surface area contributed by atoms with Crippen LogP contribution in [0, 0.1) is 5.41 Å². The zero-order valence-electron chi connectivity index (χ0n) is 13.3. The van der Waals surface area contributed by atoms with E-state index in [9.17, 15) is 9.59 Å². The lowest BCUT2D eigenvalue weighted by molar-refractivity contribution is -0.132. The number of primary amides is 1. The first-order valence-electron chi connectivity index (χ1n) is 7.91. The maximum Gasteiger partial charge on any atom is 0.261 e. The average molecular weight is 344 g/mol. The Morgan fingerprint density at radius 1 is 1.17 bits per heavy atom. The van der Waals surface area contributed by atoms with Gasteiger partial charge in [-0.3, -0.25) is 9.59 Å². The van der Waals surface area contributed by atoms with Crippen LogP contribution in [0.3, 0.4) is 0 Å². The Morgan fingerprint density at radius 3 is 2.54 bits per heavy atom. The van der Waals surface area contributed by atoms with E-state index in [0.29, 0.717) is 30.9 Å². The summed E-state index contributed by atoms with van der Waals surface area (Å²) < 4.78 is 5.30. The first-order valence-corrected chi connectivity index (χ1v) is 8.78. The molecule has 0 unspecified atom stereocenters. The van der Waals surface area contributed by atoms with Gasteiger partial charge in [-0.25, -0.2) is 0 Å². The van der Waals surface area contributed by atoms with E-state index in [0.717, 1.165) is 11.1 Å². The second-order valence-corrected chi connectivity index (χ2v) is 6.92. The van der Waals surface area contributed by atoms with E-state index in [1.165, 1.54) is 11.3 Å². The van der Waals surface area contributed by atoms with Gasteiger partial charge in [0.05, 0.1) is 10.3 Å². The van der Waals surface area contributed by atoms with Crippen molar-refractivity contribution in [2.75, 3.05) is 19.8 Å². The van der Waals surface area contributed by atoms with E-state index < -0.39 is 5.41 Å². The minimum Gasteiger partial charge on any atom is -0.381 e. The fourth-order valence-electron chi connectivity index (χ4n) is 2.85. The normalized spacial score (nSPS) is 16.5. The Kier molecular flexibility index (Phi) is 4.97. The summed E-state index contributed by atoms with van der Waals surface area (Å²) in [6, 6.07) is 11.8. The molecule has 1 aromatic carbocycles.